The van der Waals surface area contributed by atoms with Gasteiger partial charge < -0.3 is 15.2 Å². The van der Waals surface area contributed by atoms with Crippen LogP contribution in [0.4, 0.5) is 18.9 Å². The number of benzene rings is 3. The summed E-state index contributed by atoms with van der Waals surface area (Å²) in [6, 6.07) is 20.3. The Balaban J connectivity index is 1.43. The highest BCUT2D eigenvalue weighted by Gasteiger charge is 2.56. The molecule has 5 rings (SSSR count). The quantitative estimate of drug-likeness (QED) is 0.329. The number of rotatable bonds is 7. The van der Waals surface area contributed by atoms with E-state index in [2.05, 4.69) is 10.4 Å². The Morgan fingerprint density at radius 1 is 1.00 bits per heavy atom. The van der Waals surface area contributed by atoms with Gasteiger partial charge in [0, 0.05) is 23.1 Å². The van der Waals surface area contributed by atoms with E-state index in [-0.39, 0.29) is 0 Å². The summed E-state index contributed by atoms with van der Waals surface area (Å²) in [7, 11) is 0. The van der Waals surface area contributed by atoms with Crippen LogP contribution in [-0.2, 0) is 11.8 Å². The normalized spacial score (nSPS) is 15.4. The monoisotopic (exact) mass is 495 g/mol. The fourth-order valence-electron chi connectivity index (χ4n) is 5.06. The molecule has 0 amide bonds. The molecule has 0 radical (unpaired) electrons. The first-order valence-electron chi connectivity index (χ1n) is 11.9. The van der Waals surface area contributed by atoms with Gasteiger partial charge in [0.15, 0.2) is 5.60 Å². The minimum Gasteiger partial charge on any atom is -0.493 e. The lowest BCUT2D eigenvalue weighted by molar-refractivity contribution is -0.260. The predicted octanol–water partition coefficient (Wildman–Crippen LogP) is 6.03. The van der Waals surface area contributed by atoms with Crippen molar-refractivity contribution in [2.45, 2.75) is 43.9 Å². The maximum atomic E-state index is 14.3. The summed E-state index contributed by atoms with van der Waals surface area (Å²) in [6.45, 7) is 3.23. The Bertz CT molecular complexity index is 1380. The summed E-state index contributed by atoms with van der Waals surface area (Å²) in [6.07, 6.45) is -3.04. The molecule has 5 nitrogen and oxygen atoms in total. The molecule has 0 bridgehead atoms. The zero-order valence-electron chi connectivity index (χ0n) is 20.1. The number of aliphatic hydroxyl groups is 1. The summed E-state index contributed by atoms with van der Waals surface area (Å²) < 4.78 is 50.5. The molecule has 2 N–H and O–H groups in total. The predicted molar refractivity (Wildman–Crippen MR) is 134 cm³/mol. The van der Waals surface area contributed by atoms with Crippen molar-refractivity contribution in [2.24, 2.45) is 0 Å². The number of hydrogen-bond acceptors (Lipinski definition) is 4. The van der Waals surface area contributed by atoms with E-state index < -0.39 is 30.2 Å². The minimum atomic E-state index is -4.85. The third kappa shape index (κ3) is 4.30. The van der Waals surface area contributed by atoms with Crippen molar-refractivity contribution >= 4 is 16.6 Å². The van der Waals surface area contributed by atoms with E-state index in [1.54, 1.807) is 42.9 Å². The lowest BCUT2D eigenvalue weighted by Crippen LogP contribution is -2.53. The van der Waals surface area contributed by atoms with Crippen molar-refractivity contribution in [3.05, 3.63) is 84.1 Å². The molecule has 0 saturated carbocycles. The van der Waals surface area contributed by atoms with Gasteiger partial charge in [-0.2, -0.15) is 18.3 Å². The van der Waals surface area contributed by atoms with Crippen molar-refractivity contribution in [3.63, 3.8) is 0 Å². The molecule has 1 aliphatic rings. The topological polar surface area (TPSA) is 59.3 Å². The fourth-order valence-corrected chi connectivity index (χ4v) is 5.06. The molecule has 4 aromatic rings. The van der Waals surface area contributed by atoms with Crippen LogP contribution in [0.15, 0.2) is 72.9 Å². The molecule has 3 aromatic carbocycles. The number of hydrogen-bond donors (Lipinski definition) is 2. The highest BCUT2D eigenvalue weighted by molar-refractivity contribution is 5.92. The van der Waals surface area contributed by atoms with Gasteiger partial charge in [-0.05, 0) is 41.7 Å². The number of ether oxygens (including phenoxy) is 1. The van der Waals surface area contributed by atoms with Gasteiger partial charge in [0.25, 0.3) is 0 Å². The first kappa shape index (κ1) is 24.2. The number of alkyl halides is 3. The number of fused-ring (bicyclic) bond motifs is 2. The summed E-state index contributed by atoms with van der Waals surface area (Å²) in [4.78, 5) is 0. The number of aromatic nitrogens is 2. The Hall–Kier alpha value is -3.52. The molecular weight excluding hydrogens is 467 g/mol. The maximum absolute atomic E-state index is 14.3. The van der Waals surface area contributed by atoms with Crippen LogP contribution in [0.5, 0.6) is 5.75 Å². The van der Waals surface area contributed by atoms with Gasteiger partial charge in [-0.1, -0.05) is 56.3 Å². The molecular formula is C28H28F3N3O2. The lowest BCUT2D eigenvalue weighted by atomic mass is 9.74. The Morgan fingerprint density at radius 3 is 2.50 bits per heavy atom. The molecule has 0 saturated heterocycles. The van der Waals surface area contributed by atoms with Gasteiger partial charge in [-0.25, -0.2) is 4.68 Å². The van der Waals surface area contributed by atoms with Gasteiger partial charge in [0.05, 0.1) is 30.6 Å². The van der Waals surface area contributed by atoms with Crippen LogP contribution in [0.25, 0.3) is 16.6 Å². The minimum absolute atomic E-state index is 0.471. The lowest BCUT2D eigenvalue weighted by Gasteiger charge is -2.38. The molecule has 0 spiro atoms. The van der Waals surface area contributed by atoms with Crippen molar-refractivity contribution in [3.8, 4) is 11.4 Å². The molecule has 0 aliphatic carbocycles. The van der Waals surface area contributed by atoms with Gasteiger partial charge in [0.2, 0.25) is 0 Å². The van der Waals surface area contributed by atoms with E-state index in [0.29, 0.717) is 29.0 Å². The van der Waals surface area contributed by atoms with Crippen molar-refractivity contribution in [1.82, 2.24) is 9.78 Å². The molecule has 8 heteroatoms. The maximum Gasteiger partial charge on any atom is 0.418 e. The van der Waals surface area contributed by atoms with Crippen LogP contribution < -0.4 is 10.1 Å². The molecule has 1 aromatic heterocycles. The second-order valence-corrected chi connectivity index (χ2v) is 9.97. The summed E-state index contributed by atoms with van der Waals surface area (Å²) in [5.41, 5.74) is -0.252. The van der Waals surface area contributed by atoms with Gasteiger partial charge in [0.1, 0.15) is 5.75 Å². The van der Waals surface area contributed by atoms with Crippen LogP contribution in [0, 0.1) is 0 Å². The summed E-state index contributed by atoms with van der Waals surface area (Å²) >= 11 is 0. The van der Waals surface area contributed by atoms with E-state index in [4.69, 9.17) is 4.74 Å². The Kier molecular flexibility index (Phi) is 5.95. The summed E-state index contributed by atoms with van der Waals surface area (Å²) in [5.74, 6) is 0.637. The number of anilines is 1. The standard InChI is InChI=1S/C28H28F3N3O2/c1-26(2,22-11-6-8-19-14-15-36-25(19)22)17-27(35,28(29,30)31)18-32-23-12-7-13-24-21(23)16-33-34(24)20-9-4-3-5-10-20/h3-13,16,32,35H,14-15,17-18H2,1-2H3. The third-order valence-electron chi connectivity index (χ3n) is 6.89. The van der Waals surface area contributed by atoms with E-state index in [0.717, 1.165) is 23.2 Å². The van der Waals surface area contributed by atoms with Crippen LogP contribution in [0.2, 0.25) is 0 Å². The van der Waals surface area contributed by atoms with Crippen molar-refractivity contribution in [2.75, 3.05) is 18.5 Å². The van der Waals surface area contributed by atoms with E-state index in [1.165, 1.54) is 0 Å². The Labute approximate surface area is 207 Å². The van der Waals surface area contributed by atoms with Crippen LogP contribution in [0.1, 0.15) is 31.4 Å². The highest BCUT2D eigenvalue weighted by atomic mass is 19.4. The van der Waals surface area contributed by atoms with Crippen LogP contribution in [-0.4, -0.2) is 39.8 Å². The number of para-hydroxylation sites is 2. The first-order valence-corrected chi connectivity index (χ1v) is 11.9. The van der Waals surface area contributed by atoms with Gasteiger partial charge in [-0.15, -0.1) is 0 Å². The van der Waals surface area contributed by atoms with Crippen molar-refractivity contribution < 1.29 is 23.0 Å². The molecule has 188 valence electrons. The third-order valence-corrected chi connectivity index (χ3v) is 6.89. The SMILES string of the molecule is CC(C)(CC(O)(CNc1cccc2c1cnn2-c1ccccc1)C(F)(F)F)c1cccc2c1OCC2. The highest BCUT2D eigenvalue weighted by Crippen LogP contribution is 2.45. The molecule has 1 aliphatic heterocycles. The molecule has 36 heavy (non-hydrogen) atoms. The number of halogens is 3. The van der Waals surface area contributed by atoms with Crippen molar-refractivity contribution in [1.29, 1.82) is 0 Å². The largest absolute Gasteiger partial charge is 0.493 e. The second-order valence-electron chi connectivity index (χ2n) is 9.97. The molecule has 0 fully saturated rings. The fraction of sp³-hybridized carbons (Fsp3) is 0.321. The first-order chi connectivity index (χ1) is 17.1. The van der Waals surface area contributed by atoms with E-state index in [1.807, 2.05) is 48.5 Å². The van der Waals surface area contributed by atoms with Gasteiger partial charge in [-0.3, -0.25) is 0 Å². The molecule has 2 heterocycles. The average Bonchev–Trinajstić information content (AvgIpc) is 3.49. The number of nitrogens with one attached hydrogen (secondary N) is 1. The Morgan fingerprint density at radius 2 is 1.75 bits per heavy atom. The van der Waals surface area contributed by atoms with Crippen LogP contribution in [0.3, 0.4) is 0 Å². The molecule has 1 atom stereocenters. The zero-order chi connectivity index (χ0) is 25.6. The smallest absolute Gasteiger partial charge is 0.418 e. The van der Waals surface area contributed by atoms with Gasteiger partial charge >= 0.3 is 6.18 Å². The van der Waals surface area contributed by atoms with E-state index >= 15 is 0 Å². The van der Waals surface area contributed by atoms with E-state index in [9.17, 15) is 18.3 Å². The molecule has 1 unspecified atom stereocenters. The summed E-state index contributed by atoms with van der Waals surface area (Å²) in [5, 5.41) is 19.0. The second kappa shape index (κ2) is 8.85. The average molecular weight is 496 g/mol. The number of nitrogens with zero attached hydrogens (tertiary/aromatic N) is 2. The van der Waals surface area contributed by atoms with Crippen LogP contribution >= 0.6 is 0 Å². The zero-order valence-corrected chi connectivity index (χ0v) is 20.1.